The Hall–Kier alpha value is -2.46. The summed E-state index contributed by atoms with van der Waals surface area (Å²) in [4.78, 5) is 2.58. The molecule has 0 N–H and O–H groups in total. The summed E-state index contributed by atoms with van der Waals surface area (Å²) in [7, 11) is 5.03. The Morgan fingerprint density at radius 3 is 2.36 bits per heavy atom. The quantitative estimate of drug-likeness (QED) is 0.622. The fourth-order valence-corrected chi connectivity index (χ4v) is 3.78. The molecule has 0 aromatic heterocycles. The summed E-state index contributed by atoms with van der Waals surface area (Å²) in [5.41, 5.74) is 3.62. The molecular weight excluding hydrogens is 350 g/mol. The van der Waals surface area contributed by atoms with E-state index in [9.17, 15) is 0 Å². The van der Waals surface area contributed by atoms with Gasteiger partial charge in [-0.3, -0.25) is 4.90 Å². The molecule has 150 valence electrons. The molecule has 3 rings (SSSR count). The molecule has 1 unspecified atom stereocenters. The van der Waals surface area contributed by atoms with Crippen LogP contribution in [-0.2, 0) is 0 Å². The van der Waals surface area contributed by atoms with Crippen molar-refractivity contribution in [3.63, 3.8) is 0 Å². The third kappa shape index (κ3) is 4.87. The number of likely N-dealkylation sites (tertiary alicyclic amines) is 1. The van der Waals surface area contributed by atoms with Crippen LogP contribution in [0.2, 0.25) is 0 Å². The molecule has 4 heteroatoms. The van der Waals surface area contributed by atoms with Crippen LogP contribution in [0.25, 0.3) is 11.6 Å². The number of hydrogen-bond donors (Lipinski definition) is 0. The molecular formula is C24H31NO3. The molecule has 0 spiro atoms. The van der Waals surface area contributed by atoms with Crippen LogP contribution >= 0.6 is 0 Å². The van der Waals surface area contributed by atoms with E-state index in [2.05, 4.69) is 36.1 Å². The number of hydrogen-bond acceptors (Lipinski definition) is 4. The van der Waals surface area contributed by atoms with Crippen LogP contribution in [-0.4, -0.2) is 45.4 Å². The molecule has 0 bridgehead atoms. The van der Waals surface area contributed by atoms with Crippen molar-refractivity contribution in [1.82, 2.24) is 4.90 Å². The lowest BCUT2D eigenvalue weighted by atomic mass is 9.98. The lowest BCUT2D eigenvalue weighted by Crippen LogP contribution is -2.38. The van der Waals surface area contributed by atoms with Crippen LogP contribution in [0.1, 0.15) is 37.3 Å². The number of piperidine rings is 1. The second kappa shape index (κ2) is 9.65. The van der Waals surface area contributed by atoms with Gasteiger partial charge in [0.05, 0.1) is 21.3 Å². The Balaban J connectivity index is 1.95. The number of methoxy groups -OCH3 is 3. The zero-order chi connectivity index (χ0) is 19.9. The summed E-state index contributed by atoms with van der Waals surface area (Å²) < 4.78 is 16.2. The van der Waals surface area contributed by atoms with Crippen LogP contribution in [0.15, 0.2) is 42.5 Å². The average Bonchev–Trinajstić information content (AvgIpc) is 2.74. The SMILES string of the molecule is COc1ccc(/C(=C\c2ccc(OC)c(OC)c2)CN2CCCCC2C)cc1. The molecule has 0 amide bonds. The van der Waals surface area contributed by atoms with Crippen LogP contribution in [0.5, 0.6) is 17.2 Å². The highest BCUT2D eigenvalue weighted by Crippen LogP contribution is 2.31. The van der Waals surface area contributed by atoms with Crippen LogP contribution < -0.4 is 14.2 Å². The normalized spacial score (nSPS) is 18.0. The first-order chi connectivity index (χ1) is 13.6. The van der Waals surface area contributed by atoms with Gasteiger partial charge >= 0.3 is 0 Å². The van der Waals surface area contributed by atoms with Crippen molar-refractivity contribution in [3.8, 4) is 17.2 Å². The maximum atomic E-state index is 5.48. The number of benzene rings is 2. The van der Waals surface area contributed by atoms with Crippen molar-refractivity contribution >= 4 is 11.6 Å². The third-order valence-corrected chi connectivity index (χ3v) is 5.52. The summed E-state index contributed by atoms with van der Waals surface area (Å²) in [6, 6.07) is 15.0. The van der Waals surface area contributed by atoms with E-state index in [0.717, 1.165) is 35.9 Å². The summed E-state index contributed by atoms with van der Waals surface area (Å²) in [5, 5.41) is 0. The highest BCUT2D eigenvalue weighted by atomic mass is 16.5. The standard InChI is InChI=1S/C24H31NO3/c1-18-7-5-6-14-25(18)17-21(20-9-11-22(26-2)12-10-20)15-19-8-13-23(27-3)24(16-19)28-4/h8-13,15-16,18H,5-7,14,17H2,1-4H3/b21-15-. The lowest BCUT2D eigenvalue weighted by molar-refractivity contribution is 0.182. The second-order valence-corrected chi connectivity index (χ2v) is 7.33. The molecule has 1 saturated heterocycles. The number of nitrogens with zero attached hydrogens (tertiary/aromatic N) is 1. The van der Waals surface area contributed by atoms with Crippen molar-refractivity contribution in [2.45, 2.75) is 32.2 Å². The predicted octanol–water partition coefficient (Wildman–Crippen LogP) is 5.13. The highest BCUT2D eigenvalue weighted by Gasteiger charge is 2.19. The van der Waals surface area contributed by atoms with E-state index >= 15 is 0 Å². The van der Waals surface area contributed by atoms with Crippen LogP contribution in [0, 0.1) is 0 Å². The maximum absolute atomic E-state index is 5.48. The minimum absolute atomic E-state index is 0.612. The molecule has 0 aliphatic carbocycles. The molecule has 0 saturated carbocycles. The monoisotopic (exact) mass is 381 g/mol. The first kappa shape index (κ1) is 20.3. The minimum atomic E-state index is 0.612. The third-order valence-electron chi connectivity index (χ3n) is 5.52. The summed E-state index contributed by atoms with van der Waals surface area (Å²) in [6.45, 7) is 4.42. The number of rotatable bonds is 7. The first-order valence-corrected chi connectivity index (χ1v) is 9.95. The molecule has 1 heterocycles. The molecule has 0 radical (unpaired) electrons. The fraction of sp³-hybridized carbons (Fsp3) is 0.417. The molecule has 2 aromatic carbocycles. The van der Waals surface area contributed by atoms with Crippen LogP contribution in [0.3, 0.4) is 0 Å². The molecule has 1 atom stereocenters. The predicted molar refractivity (Wildman–Crippen MR) is 115 cm³/mol. The van der Waals surface area contributed by atoms with Gasteiger partial charge in [0.15, 0.2) is 11.5 Å². The topological polar surface area (TPSA) is 30.9 Å². The number of ether oxygens (including phenoxy) is 3. The minimum Gasteiger partial charge on any atom is -0.497 e. The van der Waals surface area contributed by atoms with Crippen molar-refractivity contribution < 1.29 is 14.2 Å². The molecule has 1 fully saturated rings. The molecule has 4 nitrogen and oxygen atoms in total. The van der Waals surface area contributed by atoms with Crippen LogP contribution in [0.4, 0.5) is 0 Å². The lowest BCUT2D eigenvalue weighted by Gasteiger charge is -2.34. The second-order valence-electron chi connectivity index (χ2n) is 7.33. The van der Waals surface area contributed by atoms with Gasteiger partial charge in [0.25, 0.3) is 0 Å². The fourth-order valence-electron chi connectivity index (χ4n) is 3.78. The highest BCUT2D eigenvalue weighted by molar-refractivity contribution is 5.83. The van der Waals surface area contributed by atoms with E-state index in [-0.39, 0.29) is 0 Å². The molecule has 2 aromatic rings. The van der Waals surface area contributed by atoms with Gasteiger partial charge in [0.1, 0.15) is 5.75 Å². The Bertz CT molecular complexity index is 798. The van der Waals surface area contributed by atoms with E-state index in [1.54, 1.807) is 21.3 Å². The van der Waals surface area contributed by atoms with Gasteiger partial charge in [-0.2, -0.15) is 0 Å². The summed E-state index contributed by atoms with van der Waals surface area (Å²) in [6.07, 6.45) is 6.13. The Morgan fingerprint density at radius 1 is 0.964 bits per heavy atom. The van der Waals surface area contributed by atoms with Gasteiger partial charge in [-0.1, -0.05) is 24.6 Å². The van der Waals surface area contributed by atoms with Gasteiger partial charge in [0, 0.05) is 12.6 Å². The largest absolute Gasteiger partial charge is 0.497 e. The average molecular weight is 382 g/mol. The van der Waals surface area contributed by atoms with Gasteiger partial charge in [-0.05, 0) is 73.4 Å². The van der Waals surface area contributed by atoms with E-state index in [4.69, 9.17) is 14.2 Å². The molecule has 28 heavy (non-hydrogen) atoms. The summed E-state index contributed by atoms with van der Waals surface area (Å²) >= 11 is 0. The Labute approximate surface area is 168 Å². The Kier molecular flexibility index (Phi) is 6.99. The van der Waals surface area contributed by atoms with E-state index < -0.39 is 0 Å². The molecule has 1 aliphatic heterocycles. The van der Waals surface area contributed by atoms with E-state index in [1.165, 1.54) is 30.4 Å². The van der Waals surface area contributed by atoms with Crippen molar-refractivity contribution in [2.24, 2.45) is 0 Å². The van der Waals surface area contributed by atoms with Crippen molar-refractivity contribution in [3.05, 3.63) is 53.6 Å². The zero-order valence-corrected chi connectivity index (χ0v) is 17.4. The van der Waals surface area contributed by atoms with Gasteiger partial charge in [-0.25, -0.2) is 0 Å². The van der Waals surface area contributed by atoms with Crippen molar-refractivity contribution in [2.75, 3.05) is 34.4 Å². The smallest absolute Gasteiger partial charge is 0.161 e. The van der Waals surface area contributed by atoms with Gasteiger partial charge < -0.3 is 14.2 Å². The van der Waals surface area contributed by atoms with E-state index in [1.807, 2.05) is 24.3 Å². The maximum Gasteiger partial charge on any atom is 0.161 e. The molecule has 1 aliphatic rings. The van der Waals surface area contributed by atoms with E-state index in [0.29, 0.717) is 6.04 Å². The Morgan fingerprint density at radius 2 is 1.71 bits per heavy atom. The van der Waals surface area contributed by atoms with Gasteiger partial charge in [-0.15, -0.1) is 0 Å². The zero-order valence-electron chi connectivity index (χ0n) is 17.4. The summed E-state index contributed by atoms with van der Waals surface area (Å²) in [5.74, 6) is 2.37. The van der Waals surface area contributed by atoms with Gasteiger partial charge in [0.2, 0.25) is 0 Å². The van der Waals surface area contributed by atoms with Crippen molar-refractivity contribution in [1.29, 1.82) is 0 Å². The first-order valence-electron chi connectivity index (χ1n) is 9.95.